The van der Waals surface area contributed by atoms with Gasteiger partial charge in [-0.1, -0.05) is 0 Å². The number of morpholine rings is 1. The van der Waals surface area contributed by atoms with Crippen LogP contribution in [0.2, 0.25) is 0 Å². The van der Waals surface area contributed by atoms with Gasteiger partial charge in [-0.25, -0.2) is 4.79 Å². The number of carbonyl (C=O) groups excluding carboxylic acids is 1. The first kappa shape index (κ1) is 18.2. The molecular formula is C13H25NO6S. The van der Waals surface area contributed by atoms with E-state index in [0.29, 0.717) is 32.5 Å². The van der Waals surface area contributed by atoms with E-state index in [2.05, 4.69) is 4.18 Å². The van der Waals surface area contributed by atoms with Crippen LogP contribution < -0.4 is 0 Å². The predicted molar refractivity (Wildman–Crippen MR) is 77.6 cm³/mol. The Kier molecular flexibility index (Phi) is 6.42. The van der Waals surface area contributed by atoms with E-state index < -0.39 is 15.7 Å². The van der Waals surface area contributed by atoms with Crippen LogP contribution in [0, 0.1) is 0 Å². The summed E-state index contributed by atoms with van der Waals surface area (Å²) >= 11 is 0. The van der Waals surface area contributed by atoms with E-state index in [1.165, 1.54) is 0 Å². The first-order valence-corrected chi connectivity index (χ1v) is 8.82. The predicted octanol–water partition coefficient (Wildman–Crippen LogP) is 1.38. The normalized spacial score (nSPS) is 20.4. The molecule has 1 atom stereocenters. The van der Waals surface area contributed by atoms with Gasteiger partial charge in [-0.05, 0) is 33.6 Å². The van der Waals surface area contributed by atoms with E-state index >= 15 is 0 Å². The molecule has 0 aromatic carbocycles. The Labute approximate surface area is 126 Å². The maximum atomic E-state index is 12.0. The molecule has 21 heavy (non-hydrogen) atoms. The number of hydrogen-bond acceptors (Lipinski definition) is 6. The van der Waals surface area contributed by atoms with Crippen molar-refractivity contribution in [2.45, 2.75) is 45.3 Å². The van der Waals surface area contributed by atoms with Crippen LogP contribution in [0.4, 0.5) is 4.79 Å². The van der Waals surface area contributed by atoms with Crippen molar-refractivity contribution in [1.29, 1.82) is 0 Å². The second-order valence-corrected chi connectivity index (χ2v) is 7.73. The third-order valence-electron chi connectivity index (χ3n) is 2.76. The summed E-state index contributed by atoms with van der Waals surface area (Å²) in [6, 6.07) is 0. The smallest absolute Gasteiger partial charge is 0.410 e. The van der Waals surface area contributed by atoms with Crippen LogP contribution in [0.25, 0.3) is 0 Å². The third kappa shape index (κ3) is 8.23. The molecular weight excluding hydrogens is 298 g/mol. The maximum absolute atomic E-state index is 12.0. The topological polar surface area (TPSA) is 82.1 Å². The summed E-state index contributed by atoms with van der Waals surface area (Å²) in [6.07, 6.45) is 1.75. The van der Waals surface area contributed by atoms with Gasteiger partial charge in [-0.3, -0.25) is 4.18 Å². The lowest BCUT2D eigenvalue weighted by Gasteiger charge is -2.34. The molecule has 1 rings (SSSR count). The zero-order chi connectivity index (χ0) is 16.1. The largest absolute Gasteiger partial charge is 0.444 e. The molecule has 1 aliphatic heterocycles. The minimum absolute atomic E-state index is 0.116. The molecule has 1 amide bonds. The SMILES string of the molecule is CC(C)(C)OC(=O)N1CCOC(CCCOS(C)(=O)=O)C1. The Morgan fingerprint density at radius 2 is 2.05 bits per heavy atom. The highest BCUT2D eigenvalue weighted by Gasteiger charge is 2.27. The molecule has 1 saturated heterocycles. The van der Waals surface area contributed by atoms with E-state index in [1.807, 2.05) is 20.8 Å². The van der Waals surface area contributed by atoms with Gasteiger partial charge in [0.1, 0.15) is 5.60 Å². The van der Waals surface area contributed by atoms with Crippen LogP contribution in [0.1, 0.15) is 33.6 Å². The van der Waals surface area contributed by atoms with Gasteiger partial charge in [-0.2, -0.15) is 8.42 Å². The van der Waals surface area contributed by atoms with Crippen LogP contribution >= 0.6 is 0 Å². The molecule has 124 valence electrons. The summed E-state index contributed by atoms with van der Waals surface area (Å²) in [4.78, 5) is 13.6. The molecule has 1 unspecified atom stereocenters. The molecule has 0 bridgehead atoms. The molecule has 1 heterocycles. The molecule has 0 aromatic rings. The number of nitrogens with zero attached hydrogens (tertiary/aromatic N) is 1. The molecule has 0 spiro atoms. The number of rotatable bonds is 5. The fraction of sp³-hybridized carbons (Fsp3) is 0.923. The van der Waals surface area contributed by atoms with Crippen molar-refractivity contribution in [2.24, 2.45) is 0 Å². The lowest BCUT2D eigenvalue weighted by Crippen LogP contribution is -2.47. The Hall–Kier alpha value is -0.860. The first-order valence-electron chi connectivity index (χ1n) is 7.01. The van der Waals surface area contributed by atoms with Crippen LogP contribution in [-0.2, 0) is 23.8 Å². The van der Waals surface area contributed by atoms with Crippen molar-refractivity contribution < 1.29 is 26.9 Å². The maximum Gasteiger partial charge on any atom is 0.410 e. The highest BCUT2D eigenvalue weighted by molar-refractivity contribution is 7.85. The standard InChI is InChI=1S/C13H25NO6S/c1-13(2,3)20-12(15)14-7-9-18-11(10-14)6-5-8-19-21(4,16)17/h11H,5-10H2,1-4H3. The summed E-state index contributed by atoms with van der Waals surface area (Å²) in [5.41, 5.74) is -0.520. The minimum Gasteiger partial charge on any atom is -0.444 e. The zero-order valence-electron chi connectivity index (χ0n) is 13.1. The Balaban J connectivity index is 2.33. The number of hydrogen-bond donors (Lipinski definition) is 0. The fourth-order valence-electron chi connectivity index (χ4n) is 1.91. The first-order chi connectivity index (χ1) is 9.57. The Morgan fingerprint density at radius 1 is 1.38 bits per heavy atom. The van der Waals surface area contributed by atoms with Gasteiger partial charge >= 0.3 is 6.09 Å². The van der Waals surface area contributed by atoms with Gasteiger partial charge in [0.25, 0.3) is 10.1 Å². The third-order valence-corrected chi connectivity index (χ3v) is 3.35. The second-order valence-electron chi connectivity index (χ2n) is 6.09. The van der Waals surface area contributed by atoms with E-state index in [9.17, 15) is 13.2 Å². The molecule has 7 nitrogen and oxygen atoms in total. The molecule has 0 aliphatic carbocycles. The van der Waals surface area contributed by atoms with Gasteiger partial charge in [-0.15, -0.1) is 0 Å². The molecule has 8 heteroatoms. The van der Waals surface area contributed by atoms with E-state index in [1.54, 1.807) is 4.90 Å². The lowest BCUT2D eigenvalue weighted by molar-refractivity contribution is -0.0457. The summed E-state index contributed by atoms with van der Waals surface area (Å²) in [5.74, 6) is 0. The molecule has 0 aromatic heterocycles. The van der Waals surface area contributed by atoms with Gasteiger partial charge in [0.15, 0.2) is 0 Å². The van der Waals surface area contributed by atoms with Crippen molar-refractivity contribution in [3.05, 3.63) is 0 Å². The fourth-order valence-corrected chi connectivity index (χ4v) is 2.33. The van der Waals surface area contributed by atoms with Crippen molar-refractivity contribution in [1.82, 2.24) is 4.90 Å². The van der Waals surface area contributed by atoms with Gasteiger partial charge in [0.2, 0.25) is 0 Å². The van der Waals surface area contributed by atoms with E-state index in [0.717, 1.165) is 6.26 Å². The highest BCUT2D eigenvalue weighted by atomic mass is 32.2. The zero-order valence-corrected chi connectivity index (χ0v) is 13.9. The molecule has 1 aliphatic rings. The summed E-state index contributed by atoms with van der Waals surface area (Å²) in [6.45, 7) is 7.02. The average molecular weight is 323 g/mol. The van der Waals surface area contributed by atoms with E-state index in [4.69, 9.17) is 9.47 Å². The summed E-state index contributed by atoms with van der Waals surface area (Å²) < 4.78 is 37.2. The monoisotopic (exact) mass is 323 g/mol. The number of ether oxygens (including phenoxy) is 2. The summed E-state index contributed by atoms with van der Waals surface area (Å²) in [5, 5.41) is 0. The second kappa shape index (κ2) is 7.42. The molecule has 0 N–H and O–H groups in total. The van der Waals surface area contributed by atoms with Crippen molar-refractivity contribution in [3.8, 4) is 0 Å². The summed E-state index contributed by atoms with van der Waals surface area (Å²) in [7, 11) is -3.40. The molecule has 0 radical (unpaired) electrons. The van der Waals surface area contributed by atoms with Gasteiger partial charge < -0.3 is 14.4 Å². The molecule has 0 saturated carbocycles. The number of amides is 1. The molecule has 1 fully saturated rings. The van der Waals surface area contributed by atoms with Gasteiger partial charge in [0.05, 0.1) is 32.1 Å². The Morgan fingerprint density at radius 3 is 2.62 bits per heavy atom. The van der Waals surface area contributed by atoms with Crippen molar-refractivity contribution >= 4 is 16.2 Å². The minimum atomic E-state index is -3.40. The highest BCUT2D eigenvalue weighted by Crippen LogP contribution is 2.15. The number of carbonyl (C=O) groups is 1. The average Bonchev–Trinajstić information content (AvgIpc) is 2.32. The van der Waals surface area contributed by atoms with Crippen molar-refractivity contribution in [3.63, 3.8) is 0 Å². The van der Waals surface area contributed by atoms with Gasteiger partial charge in [0, 0.05) is 6.54 Å². The Bertz CT molecular complexity index is 442. The van der Waals surface area contributed by atoms with Crippen LogP contribution in [0.5, 0.6) is 0 Å². The van der Waals surface area contributed by atoms with E-state index in [-0.39, 0.29) is 18.8 Å². The van der Waals surface area contributed by atoms with Crippen LogP contribution in [-0.4, -0.2) is 63.7 Å². The lowest BCUT2D eigenvalue weighted by atomic mass is 10.1. The van der Waals surface area contributed by atoms with Crippen molar-refractivity contribution in [2.75, 3.05) is 32.6 Å². The van der Waals surface area contributed by atoms with Crippen LogP contribution in [0.15, 0.2) is 0 Å². The quantitative estimate of drug-likeness (QED) is 0.561. The van der Waals surface area contributed by atoms with Crippen LogP contribution in [0.3, 0.4) is 0 Å².